The molecule has 3 rings (SSSR count). The molecular weight excluding hydrogens is 316 g/mol. The van der Waals surface area contributed by atoms with E-state index < -0.39 is 10.0 Å². The van der Waals surface area contributed by atoms with Crippen LogP contribution in [-0.4, -0.2) is 30.5 Å². The van der Waals surface area contributed by atoms with Crippen LogP contribution in [0, 0.1) is 6.92 Å². The third-order valence-electron chi connectivity index (χ3n) is 4.12. The summed E-state index contributed by atoms with van der Waals surface area (Å²) in [5.74, 6) is 0.630. The Kier molecular flexibility index (Phi) is 4.36. The van der Waals surface area contributed by atoms with Gasteiger partial charge in [0.2, 0.25) is 10.0 Å². The highest BCUT2D eigenvalue weighted by Crippen LogP contribution is 2.30. The Morgan fingerprint density at radius 2 is 2.17 bits per heavy atom. The van der Waals surface area contributed by atoms with Gasteiger partial charge < -0.3 is 4.74 Å². The molecule has 124 valence electrons. The van der Waals surface area contributed by atoms with E-state index in [-0.39, 0.29) is 11.4 Å². The molecule has 2 aromatic rings. The van der Waals surface area contributed by atoms with Gasteiger partial charge in [-0.2, -0.15) is 0 Å². The summed E-state index contributed by atoms with van der Waals surface area (Å²) in [4.78, 5) is 0.240. The molecule has 0 saturated heterocycles. The van der Waals surface area contributed by atoms with Gasteiger partial charge in [-0.05, 0) is 49.9 Å². The number of methoxy groups -OCH3 is 1. The van der Waals surface area contributed by atoms with E-state index in [1.807, 2.05) is 10.9 Å². The van der Waals surface area contributed by atoms with Crippen LogP contribution in [0.3, 0.4) is 0 Å². The number of ether oxygens (including phenoxy) is 1. The molecule has 7 nitrogen and oxygen atoms in total. The van der Waals surface area contributed by atoms with Gasteiger partial charge in [0, 0.05) is 0 Å². The first-order valence-corrected chi connectivity index (χ1v) is 9.03. The lowest BCUT2D eigenvalue weighted by Crippen LogP contribution is -2.24. The fourth-order valence-corrected chi connectivity index (χ4v) is 3.74. The van der Waals surface area contributed by atoms with Crippen LogP contribution in [0.2, 0.25) is 0 Å². The summed E-state index contributed by atoms with van der Waals surface area (Å²) in [5.41, 5.74) is 1.25. The summed E-state index contributed by atoms with van der Waals surface area (Å²) >= 11 is 0. The zero-order valence-electron chi connectivity index (χ0n) is 13.2. The molecule has 8 heteroatoms. The maximum atomic E-state index is 12.4. The Balaban J connectivity index is 1.70. The highest BCUT2D eigenvalue weighted by atomic mass is 32.2. The average molecular weight is 336 g/mol. The Bertz CT molecular complexity index is 797. The van der Waals surface area contributed by atoms with Crippen LogP contribution < -0.4 is 9.46 Å². The van der Waals surface area contributed by atoms with Gasteiger partial charge in [-0.25, -0.2) is 17.8 Å². The van der Waals surface area contributed by atoms with Gasteiger partial charge in [0.1, 0.15) is 5.75 Å². The lowest BCUT2D eigenvalue weighted by Gasteiger charge is -2.24. The maximum Gasteiger partial charge on any atom is 0.241 e. The number of benzene rings is 1. The first-order chi connectivity index (χ1) is 11.0. The minimum atomic E-state index is -3.60. The molecule has 23 heavy (non-hydrogen) atoms. The maximum absolute atomic E-state index is 12.4. The van der Waals surface area contributed by atoms with E-state index in [1.165, 1.54) is 6.42 Å². The summed E-state index contributed by atoms with van der Waals surface area (Å²) in [6, 6.07) is 5.29. The Morgan fingerprint density at radius 3 is 2.78 bits per heavy atom. The molecule has 0 radical (unpaired) electrons. The van der Waals surface area contributed by atoms with Gasteiger partial charge in [-0.3, -0.25) is 0 Å². The lowest BCUT2D eigenvalue weighted by atomic mass is 9.93. The molecule has 0 spiro atoms. The van der Waals surface area contributed by atoms with E-state index in [0.717, 1.165) is 12.8 Å². The van der Waals surface area contributed by atoms with Gasteiger partial charge in [0.05, 0.1) is 36.5 Å². The van der Waals surface area contributed by atoms with Crippen molar-refractivity contribution in [3.63, 3.8) is 0 Å². The smallest absolute Gasteiger partial charge is 0.241 e. The number of nitrogens with one attached hydrogen (secondary N) is 1. The molecule has 1 N–H and O–H groups in total. The van der Waals surface area contributed by atoms with E-state index in [1.54, 1.807) is 32.2 Å². The molecule has 1 aromatic heterocycles. The normalized spacial score (nSPS) is 15.4. The molecule has 0 unspecified atom stereocenters. The number of sulfonamides is 1. The number of hydrogen-bond acceptors (Lipinski definition) is 5. The van der Waals surface area contributed by atoms with Crippen LogP contribution in [0.4, 0.5) is 0 Å². The van der Waals surface area contributed by atoms with Gasteiger partial charge in [0.25, 0.3) is 0 Å². The molecule has 0 amide bonds. The highest BCUT2D eigenvalue weighted by molar-refractivity contribution is 7.89. The van der Waals surface area contributed by atoms with Gasteiger partial charge in [-0.15, -0.1) is 5.10 Å². The van der Waals surface area contributed by atoms with Gasteiger partial charge in [-0.1, -0.05) is 5.21 Å². The van der Waals surface area contributed by atoms with E-state index in [4.69, 9.17) is 4.74 Å². The van der Waals surface area contributed by atoms with Crippen molar-refractivity contribution >= 4 is 10.0 Å². The number of rotatable bonds is 6. The van der Waals surface area contributed by atoms with Crippen LogP contribution in [0.25, 0.3) is 0 Å². The summed E-state index contributed by atoms with van der Waals surface area (Å²) in [5, 5.41) is 8.10. The van der Waals surface area contributed by atoms with Gasteiger partial charge in [0.15, 0.2) is 0 Å². The van der Waals surface area contributed by atoms with Crippen molar-refractivity contribution in [3.8, 4) is 5.75 Å². The third kappa shape index (κ3) is 3.37. The van der Waals surface area contributed by atoms with Crippen molar-refractivity contribution in [2.24, 2.45) is 0 Å². The second kappa shape index (κ2) is 6.29. The molecule has 1 aromatic carbocycles. The molecule has 0 atom stereocenters. The number of hydrogen-bond donors (Lipinski definition) is 1. The predicted molar refractivity (Wildman–Crippen MR) is 84.7 cm³/mol. The summed E-state index contributed by atoms with van der Waals surface area (Å²) in [6.45, 7) is 1.87. The van der Waals surface area contributed by atoms with E-state index in [0.29, 0.717) is 23.0 Å². The predicted octanol–water partition coefficient (Wildman–Crippen LogP) is 1.80. The summed E-state index contributed by atoms with van der Waals surface area (Å²) < 4.78 is 34.4. The quantitative estimate of drug-likeness (QED) is 0.869. The van der Waals surface area contributed by atoms with Crippen LogP contribution in [0.5, 0.6) is 5.75 Å². The highest BCUT2D eigenvalue weighted by Gasteiger charge is 2.21. The van der Waals surface area contributed by atoms with E-state index in [9.17, 15) is 8.42 Å². The minimum absolute atomic E-state index is 0.126. The first-order valence-electron chi connectivity index (χ1n) is 7.54. The Labute approximate surface area is 135 Å². The summed E-state index contributed by atoms with van der Waals surface area (Å²) in [7, 11) is -2.05. The molecule has 1 fully saturated rings. The van der Waals surface area contributed by atoms with Crippen molar-refractivity contribution in [1.29, 1.82) is 0 Å². The lowest BCUT2D eigenvalue weighted by molar-refractivity contribution is 0.284. The van der Waals surface area contributed by atoms with Crippen LogP contribution in [0.1, 0.15) is 36.6 Å². The number of nitrogens with zero attached hydrogens (tertiary/aromatic N) is 3. The molecular formula is C15H20N4O3S. The van der Waals surface area contributed by atoms with Crippen molar-refractivity contribution in [2.45, 2.75) is 43.7 Å². The van der Waals surface area contributed by atoms with Gasteiger partial charge >= 0.3 is 0 Å². The van der Waals surface area contributed by atoms with Crippen molar-refractivity contribution in [2.75, 3.05) is 7.11 Å². The fraction of sp³-hybridized carbons (Fsp3) is 0.467. The van der Waals surface area contributed by atoms with Crippen molar-refractivity contribution in [3.05, 3.63) is 35.7 Å². The first kappa shape index (κ1) is 15.9. The molecule has 1 aliphatic rings. The molecule has 0 bridgehead atoms. The second-order valence-electron chi connectivity index (χ2n) is 5.73. The van der Waals surface area contributed by atoms with Crippen LogP contribution in [0.15, 0.2) is 29.3 Å². The van der Waals surface area contributed by atoms with Crippen LogP contribution >= 0.6 is 0 Å². The monoisotopic (exact) mass is 336 g/mol. The molecule has 1 saturated carbocycles. The fourth-order valence-electron chi connectivity index (χ4n) is 2.52. The zero-order valence-corrected chi connectivity index (χ0v) is 14.0. The molecule has 1 heterocycles. The van der Waals surface area contributed by atoms with Crippen molar-refractivity contribution < 1.29 is 13.2 Å². The molecule has 0 aliphatic heterocycles. The van der Waals surface area contributed by atoms with E-state index in [2.05, 4.69) is 15.0 Å². The topological polar surface area (TPSA) is 86.1 Å². The Hall–Kier alpha value is -1.93. The SMILES string of the molecule is COc1ccc(S(=O)(=O)NCc2cn(C3CCC3)nn2)c(C)c1. The van der Waals surface area contributed by atoms with Crippen molar-refractivity contribution in [1.82, 2.24) is 19.7 Å². The summed E-state index contributed by atoms with van der Waals surface area (Å²) in [6.07, 6.45) is 5.25. The minimum Gasteiger partial charge on any atom is -0.497 e. The standard InChI is InChI=1S/C15H20N4O3S/c1-11-8-14(22-2)6-7-15(11)23(20,21)16-9-12-10-19(18-17-12)13-4-3-5-13/h6-8,10,13,16H,3-5,9H2,1-2H3. The van der Waals surface area contributed by atoms with Crippen LogP contribution in [-0.2, 0) is 16.6 Å². The molecule has 1 aliphatic carbocycles. The largest absolute Gasteiger partial charge is 0.497 e. The third-order valence-corrected chi connectivity index (χ3v) is 5.68. The number of aryl methyl sites for hydroxylation is 1. The average Bonchev–Trinajstić information content (AvgIpc) is 2.91. The van der Waals surface area contributed by atoms with E-state index >= 15 is 0 Å². The second-order valence-corrected chi connectivity index (χ2v) is 7.47. The number of aromatic nitrogens is 3. The zero-order chi connectivity index (χ0) is 16.4. The Morgan fingerprint density at radius 1 is 1.39 bits per heavy atom.